The SMILES string of the molecule is N#C[C@@H]1C(=O)NC(=O)[C@@H]([n+]2ccccc2)[C@H]1c1ccc(F)cc1. The number of rotatable bonds is 2. The van der Waals surface area contributed by atoms with Gasteiger partial charge in [0.05, 0.1) is 12.0 Å². The molecule has 2 aromatic rings. The molecule has 0 spiro atoms. The number of hydrogen-bond donors (Lipinski definition) is 1. The van der Waals surface area contributed by atoms with Crippen LogP contribution in [0.4, 0.5) is 4.39 Å². The first-order valence-electron chi connectivity index (χ1n) is 7.07. The van der Waals surface area contributed by atoms with Crippen molar-refractivity contribution >= 4 is 11.8 Å². The highest BCUT2D eigenvalue weighted by atomic mass is 19.1. The molecule has 3 atom stereocenters. The fourth-order valence-electron chi connectivity index (χ4n) is 2.90. The van der Waals surface area contributed by atoms with E-state index in [1.807, 2.05) is 6.07 Å². The molecular weight excluding hydrogens is 297 g/mol. The number of nitrogens with zero attached hydrogens (tertiary/aromatic N) is 2. The van der Waals surface area contributed by atoms with E-state index in [0.717, 1.165) is 0 Å². The van der Waals surface area contributed by atoms with Gasteiger partial charge in [0, 0.05) is 12.1 Å². The molecule has 1 N–H and O–H groups in total. The zero-order valence-corrected chi connectivity index (χ0v) is 12.0. The summed E-state index contributed by atoms with van der Waals surface area (Å²) in [5, 5.41) is 11.6. The summed E-state index contributed by atoms with van der Waals surface area (Å²) in [6.45, 7) is 0. The number of aromatic nitrogens is 1. The third kappa shape index (κ3) is 2.69. The van der Waals surface area contributed by atoms with Crippen LogP contribution in [0, 0.1) is 23.1 Å². The van der Waals surface area contributed by atoms with Crippen molar-refractivity contribution in [3.05, 3.63) is 66.2 Å². The van der Waals surface area contributed by atoms with E-state index in [-0.39, 0.29) is 0 Å². The molecule has 0 radical (unpaired) electrons. The molecule has 0 bridgehead atoms. The van der Waals surface area contributed by atoms with Gasteiger partial charge < -0.3 is 0 Å². The zero-order valence-electron chi connectivity index (χ0n) is 12.0. The van der Waals surface area contributed by atoms with Crippen LogP contribution in [0.1, 0.15) is 17.5 Å². The maximum Gasteiger partial charge on any atom is 0.296 e. The quantitative estimate of drug-likeness (QED) is 0.670. The lowest BCUT2D eigenvalue weighted by molar-refractivity contribution is -0.713. The summed E-state index contributed by atoms with van der Waals surface area (Å²) in [6, 6.07) is 12.0. The number of nitriles is 1. The normalized spacial score (nSPS) is 23.9. The molecule has 6 heteroatoms. The average molecular weight is 310 g/mol. The number of benzene rings is 1. The number of pyridine rings is 1. The molecule has 1 aromatic heterocycles. The molecule has 1 aliphatic rings. The number of carbonyl (C=O) groups excluding carboxylic acids is 2. The van der Waals surface area contributed by atoms with Gasteiger partial charge in [-0.05, 0) is 17.7 Å². The summed E-state index contributed by atoms with van der Waals surface area (Å²) in [7, 11) is 0. The van der Waals surface area contributed by atoms with Crippen LogP contribution in [-0.4, -0.2) is 11.8 Å². The molecule has 5 nitrogen and oxygen atoms in total. The van der Waals surface area contributed by atoms with Gasteiger partial charge in [-0.15, -0.1) is 0 Å². The van der Waals surface area contributed by atoms with Gasteiger partial charge in [0.1, 0.15) is 11.7 Å². The van der Waals surface area contributed by atoms with Gasteiger partial charge in [-0.1, -0.05) is 18.2 Å². The fourth-order valence-corrected chi connectivity index (χ4v) is 2.90. The number of hydrogen-bond acceptors (Lipinski definition) is 3. The van der Waals surface area contributed by atoms with Crippen molar-refractivity contribution < 1.29 is 18.5 Å². The number of piperidine rings is 1. The number of carbonyl (C=O) groups is 2. The van der Waals surface area contributed by atoms with Crippen LogP contribution in [0.3, 0.4) is 0 Å². The first-order chi connectivity index (χ1) is 11.1. The first kappa shape index (κ1) is 14.9. The Balaban J connectivity index is 2.13. The van der Waals surface area contributed by atoms with Crippen LogP contribution >= 0.6 is 0 Å². The summed E-state index contributed by atoms with van der Waals surface area (Å²) < 4.78 is 14.8. The maximum absolute atomic E-state index is 13.2. The third-order valence-electron chi connectivity index (χ3n) is 3.95. The zero-order chi connectivity index (χ0) is 16.4. The van der Waals surface area contributed by atoms with Crippen LogP contribution in [0.2, 0.25) is 0 Å². The Kier molecular flexibility index (Phi) is 3.85. The van der Waals surface area contributed by atoms with E-state index in [0.29, 0.717) is 5.56 Å². The number of halogens is 1. The summed E-state index contributed by atoms with van der Waals surface area (Å²) in [6.07, 6.45) is 3.40. The Morgan fingerprint density at radius 1 is 1.04 bits per heavy atom. The Morgan fingerprint density at radius 3 is 2.30 bits per heavy atom. The molecule has 1 fully saturated rings. The molecule has 114 valence electrons. The van der Waals surface area contributed by atoms with Crippen LogP contribution in [0.25, 0.3) is 0 Å². The summed E-state index contributed by atoms with van der Waals surface area (Å²) >= 11 is 0. The Labute approximate surface area is 132 Å². The van der Waals surface area contributed by atoms with E-state index in [9.17, 15) is 19.2 Å². The van der Waals surface area contributed by atoms with Crippen molar-refractivity contribution in [3.63, 3.8) is 0 Å². The Hall–Kier alpha value is -3.07. The summed E-state index contributed by atoms with van der Waals surface area (Å²) in [4.78, 5) is 24.4. The molecular formula is C17H13FN3O2+. The number of amides is 2. The first-order valence-corrected chi connectivity index (χ1v) is 7.07. The second-order valence-electron chi connectivity index (χ2n) is 5.31. The van der Waals surface area contributed by atoms with Gasteiger partial charge in [-0.2, -0.15) is 9.83 Å². The van der Waals surface area contributed by atoms with E-state index >= 15 is 0 Å². The van der Waals surface area contributed by atoms with E-state index < -0.39 is 35.5 Å². The largest absolute Gasteiger partial charge is 0.296 e. The topological polar surface area (TPSA) is 73.8 Å². The van der Waals surface area contributed by atoms with Crippen molar-refractivity contribution in [3.8, 4) is 6.07 Å². The molecule has 2 heterocycles. The Morgan fingerprint density at radius 2 is 1.70 bits per heavy atom. The lowest BCUT2D eigenvalue weighted by atomic mass is 9.77. The minimum Gasteiger partial charge on any atom is -0.289 e. The number of imide groups is 1. The molecule has 0 saturated carbocycles. The predicted octanol–water partition coefficient (Wildman–Crippen LogP) is 1.23. The van der Waals surface area contributed by atoms with Gasteiger partial charge in [0.15, 0.2) is 12.4 Å². The maximum atomic E-state index is 13.2. The minimum atomic E-state index is -1.03. The molecule has 1 aliphatic heterocycles. The van der Waals surface area contributed by atoms with E-state index in [2.05, 4.69) is 5.32 Å². The van der Waals surface area contributed by atoms with Gasteiger partial charge >= 0.3 is 0 Å². The molecule has 1 saturated heterocycles. The summed E-state index contributed by atoms with van der Waals surface area (Å²) in [5.74, 6) is -3.24. The molecule has 0 unspecified atom stereocenters. The molecule has 0 aliphatic carbocycles. The monoisotopic (exact) mass is 310 g/mol. The van der Waals surface area contributed by atoms with Gasteiger partial charge in [-0.3, -0.25) is 14.9 Å². The van der Waals surface area contributed by atoms with E-state index in [1.165, 1.54) is 24.3 Å². The van der Waals surface area contributed by atoms with Crippen molar-refractivity contribution in [2.75, 3.05) is 0 Å². The van der Waals surface area contributed by atoms with Crippen molar-refractivity contribution in [2.24, 2.45) is 5.92 Å². The van der Waals surface area contributed by atoms with Crippen LogP contribution in [-0.2, 0) is 9.59 Å². The van der Waals surface area contributed by atoms with Crippen LogP contribution < -0.4 is 9.88 Å². The highest BCUT2D eigenvalue weighted by Gasteiger charge is 2.50. The van der Waals surface area contributed by atoms with Crippen LogP contribution in [0.15, 0.2) is 54.9 Å². The van der Waals surface area contributed by atoms with Crippen molar-refractivity contribution in [2.45, 2.75) is 12.0 Å². The summed E-state index contributed by atoms with van der Waals surface area (Å²) in [5.41, 5.74) is 0.572. The third-order valence-corrected chi connectivity index (χ3v) is 3.95. The van der Waals surface area contributed by atoms with E-state index in [1.54, 1.807) is 35.2 Å². The molecule has 23 heavy (non-hydrogen) atoms. The lowest BCUT2D eigenvalue weighted by Gasteiger charge is -2.29. The van der Waals surface area contributed by atoms with Crippen LogP contribution in [0.5, 0.6) is 0 Å². The molecule has 1 aromatic carbocycles. The van der Waals surface area contributed by atoms with Gasteiger partial charge in [0.25, 0.3) is 5.91 Å². The average Bonchev–Trinajstić information content (AvgIpc) is 2.56. The van der Waals surface area contributed by atoms with Gasteiger partial charge in [-0.25, -0.2) is 4.39 Å². The Bertz CT molecular complexity index is 784. The standard InChI is InChI=1S/C17H12FN3O2/c18-12-6-4-11(5-7-12)14-13(10-19)16(22)20-17(23)15(14)21-8-2-1-3-9-21/h1-9,13-15H/p+1/t13-,14-,15-/m0/s1. The van der Waals surface area contributed by atoms with Gasteiger partial charge in [0.2, 0.25) is 11.9 Å². The highest BCUT2D eigenvalue weighted by Crippen LogP contribution is 2.35. The lowest BCUT2D eigenvalue weighted by Crippen LogP contribution is -2.59. The second kappa shape index (κ2) is 5.97. The highest BCUT2D eigenvalue weighted by molar-refractivity contribution is 6.02. The van der Waals surface area contributed by atoms with E-state index in [4.69, 9.17) is 0 Å². The fraction of sp³-hybridized carbons (Fsp3) is 0.176. The molecule has 2 amide bonds. The minimum absolute atomic E-state index is 0.419. The molecule has 3 rings (SSSR count). The van der Waals surface area contributed by atoms with Crippen molar-refractivity contribution in [1.82, 2.24) is 5.32 Å². The smallest absolute Gasteiger partial charge is 0.289 e. The second-order valence-corrected chi connectivity index (χ2v) is 5.31. The predicted molar refractivity (Wildman–Crippen MR) is 77.1 cm³/mol. The van der Waals surface area contributed by atoms with Crippen molar-refractivity contribution in [1.29, 1.82) is 5.26 Å². The number of nitrogens with one attached hydrogen (secondary N) is 1.